The molecule has 0 saturated heterocycles. The third-order valence-corrected chi connectivity index (χ3v) is 7.34. The molecule has 2 fully saturated rings. The molecule has 0 amide bonds. The Morgan fingerprint density at radius 3 is 2.45 bits per heavy atom. The van der Waals surface area contributed by atoms with Gasteiger partial charge >= 0.3 is 5.97 Å². The van der Waals surface area contributed by atoms with Crippen LogP contribution in [0.3, 0.4) is 0 Å². The number of carboxylic acids is 1. The van der Waals surface area contributed by atoms with Crippen LogP contribution in [0.5, 0.6) is 5.75 Å². The fourth-order valence-electron chi connectivity index (χ4n) is 5.52. The Morgan fingerprint density at radius 2 is 1.83 bits per heavy atom. The van der Waals surface area contributed by atoms with E-state index in [0.717, 1.165) is 38.2 Å². The summed E-state index contributed by atoms with van der Waals surface area (Å²) in [5, 5.41) is 8.77. The van der Waals surface area contributed by atoms with E-state index in [1.54, 1.807) is 0 Å². The van der Waals surface area contributed by atoms with Gasteiger partial charge in [0.15, 0.2) is 0 Å². The maximum atomic E-state index is 10.6. The molecular formula is C25H35NO3. The molecule has 1 N–H and O–H groups in total. The van der Waals surface area contributed by atoms with E-state index in [0.29, 0.717) is 11.5 Å². The van der Waals surface area contributed by atoms with Crippen LogP contribution < -0.4 is 4.74 Å². The molecule has 1 spiro atoms. The summed E-state index contributed by atoms with van der Waals surface area (Å²) < 4.78 is 6.31. The van der Waals surface area contributed by atoms with E-state index >= 15 is 0 Å². The summed E-state index contributed by atoms with van der Waals surface area (Å²) in [6.45, 7) is 2.79. The summed E-state index contributed by atoms with van der Waals surface area (Å²) in [4.78, 5) is 13.0. The topological polar surface area (TPSA) is 49.8 Å². The van der Waals surface area contributed by atoms with Crippen LogP contribution in [0.25, 0.3) is 5.57 Å². The molecule has 4 nitrogen and oxygen atoms in total. The van der Waals surface area contributed by atoms with Crippen LogP contribution in [-0.4, -0.2) is 41.7 Å². The van der Waals surface area contributed by atoms with Gasteiger partial charge < -0.3 is 9.84 Å². The zero-order valence-corrected chi connectivity index (χ0v) is 17.6. The minimum atomic E-state index is -0.702. The Balaban J connectivity index is 1.24. The summed E-state index contributed by atoms with van der Waals surface area (Å²) in [6, 6.07) is 8.66. The number of carboxylic acid groups (broad SMARTS) is 1. The van der Waals surface area contributed by atoms with E-state index in [9.17, 15) is 4.79 Å². The molecular weight excluding hydrogens is 362 g/mol. The van der Waals surface area contributed by atoms with Gasteiger partial charge in [0.25, 0.3) is 0 Å². The van der Waals surface area contributed by atoms with Gasteiger partial charge in [-0.25, -0.2) is 0 Å². The van der Waals surface area contributed by atoms with Gasteiger partial charge in [0.1, 0.15) is 5.75 Å². The SMILES string of the molecule is O=C(O)CCCN1CC=C(c2ccc(OC3CCC4(CCCC4)CC3)cc2)CC1. The summed E-state index contributed by atoms with van der Waals surface area (Å²) >= 11 is 0. The second-order valence-electron chi connectivity index (χ2n) is 9.33. The molecule has 1 aromatic carbocycles. The molecule has 2 saturated carbocycles. The van der Waals surface area contributed by atoms with Crippen molar-refractivity contribution in [2.45, 2.75) is 76.7 Å². The normalized spacial score (nSPS) is 22.6. The van der Waals surface area contributed by atoms with Crippen molar-refractivity contribution in [3.05, 3.63) is 35.9 Å². The molecule has 4 heteroatoms. The van der Waals surface area contributed by atoms with Gasteiger partial charge in [-0.1, -0.05) is 31.1 Å². The van der Waals surface area contributed by atoms with E-state index in [-0.39, 0.29) is 6.42 Å². The Kier molecular flexibility index (Phi) is 6.59. The third kappa shape index (κ3) is 5.42. The third-order valence-electron chi connectivity index (χ3n) is 7.34. The van der Waals surface area contributed by atoms with Crippen molar-refractivity contribution in [1.82, 2.24) is 4.90 Å². The van der Waals surface area contributed by atoms with Gasteiger partial charge in [-0.05, 0) is 86.6 Å². The Bertz CT molecular complexity index is 708. The summed E-state index contributed by atoms with van der Waals surface area (Å²) in [5.74, 6) is 0.305. The number of nitrogens with zero attached hydrogens (tertiary/aromatic N) is 1. The molecule has 4 rings (SSSR count). The lowest BCUT2D eigenvalue weighted by molar-refractivity contribution is -0.137. The highest BCUT2D eigenvalue weighted by Crippen LogP contribution is 2.49. The van der Waals surface area contributed by atoms with Gasteiger partial charge in [-0.2, -0.15) is 0 Å². The summed E-state index contributed by atoms with van der Waals surface area (Å²) in [7, 11) is 0. The minimum absolute atomic E-state index is 0.260. The molecule has 1 heterocycles. The fraction of sp³-hybridized carbons (Fsp3) is 0.640. The Morgan fingerprint density at radius 1 is 1.10 bits per heavy atom. The largest absolute Gasteiger partial charge is 0.490 e. The first-order chi connectivity index (χ1) is 14.1. The van der Waals surface area contributed by atoms with E-state index in [1.165, 1.54) is 62.5 Å². The molecule has 1 aliphatic heterocycles. The van der Waals surface area contributed by atoms with E-state index < -0.39 is 5.97 Å². The fourth-order valence-corrected chi connectivity index (χ4v) is 5.52. The number of carbonyl (C=O) groups is 1. The lowest BCUT2D eigenvalue weighted by atomic mass is 9.72. The van der Waals surface area contributed by atoms with Crippen molar-refractivity contribution in [3.63, 3.8) is 0 Å². The van der Waals surface area contributed by atoms with Gasteiger partial charge in [0.05, 0.1) is 6.10 Å². The predicted octanol–water partition coefficient (Wildman–Crippen LogP) is 5.52. The highest BCUT2D eigenvalue weighted by molar-refractivity contribution is 5.67. The van der Waals surface area contributed by atoms with E-state index in [2.05, 4.69) is 35.2 Å². The van der Waals surface area contributed by atoms with E-state index in [4.69, 9.17) is 9.84 Å². The van der Waals surface area contributed by atoms with Crippen molar-refractivity contribution in [3.8, 4) is 5.75 Å². The first-order valence-corrected chi connectivity index (χ1v) is 11.5. The summed E-state index contributed by atoms with van der Waals surface area (Å²) in [6.07, 6.45) is 15.6. The van der Waals surface area contributed by atoms with Crippen LogP contribution in [0.15, 0.2) is 30.3 Å². The van der Waals surface area contributed by atoms with Crippen molar-refractivity contribution < 1.29 is 14.6 Å². The zero-order valence-electron chi connectivity index (χ0n) is 17.6. The maximum Gasteiger partial charge on any atom is 0.303 e. The van der Waals surface area contributed by atoms with Gasteiger partial charge in [0.2, 0.25) is 0 Å². The number of benzene rings is 1. The molecule has 0 aromatic heterocycles. The average molecular weight is 398 g/mol. The first-order valence-electron chi connectivity index (χ1n) is 11.5. The second-order valence-corrected chi connectivity index (χ2v) is 9.33. The molecule has 0 unspecified atom stereocenters. The number of rotatable bonds is 7. The van der Waals surface area contributed by atoms with Crippen molar-refractivity contribution in [2.24, 2.45) is 5.41 Å². The van der Waals surface area contributed by atoms with Crippen LogP contribution in [-0.2, 0) is 4.79 Å². The quantitative estimate of drug-likeness (QED) is 0.658. The molecule has 3 aliphatic rings. The molecule has 0 radical (unpaired) electrons. The molecule has 158 valence electrons. The van der Waals surface area contributed by atoms with Crippen LogP contribution in [0.4, 0.5) is 0 Å². The second kappa shape index (κ2) is 9.34. The monoisotopic (exact) mass is 397 g/mol. The Labute approximate surface area is 174 Å². The van der Waals surface area contributed by atoms with Crippen molar-refractivity contribution in [1.29, 1.82) is 0 Å². The average Bonchev–Trinajstić information content (AvgIpc) is 3.19. The van der Waals surface area contributed by atoms with Crippen LogP contribution in [0.1, 0.15) is 76.2 Å². The molecule has 2 aliphatic carbocycles. The van der Waals surface area contributed by atoms with Gasteiger partial charge in [-0.3, -0.25) is 9.69 Å². The maximum absolute atomic E-state index is 10.6. The number of ether oxygens (including phenoxy) is 1. The molecule has 1 aromatic rings. The smallest absolute Gasteiger partial charge is 0.303 e. The number of hydrogen-bond acceptors (Lipinski definition) is 3. The highest BCUT2D eigenvalue weighted by Gasteiger charge is 2.38. The minimum Gasteiger partial charge on any atom is -0.490 e. The van der Waals surface area contributed by atoms with Crippen LogP contribution >= 0.6 is 0 Å². The Hall–Kier alpha value is -1.81. The lowest BCUT2D eigenvalue weighted by Crippen LogP contribution is -2.30. The molecule has 29 heavy (non-hydrogen) atoms. The highest BCUT2D eigenvalue weighted by atomic mass is 16.5. The van der Waals surface area contributed by atoms with Crippen LogP contribution in [0, 0.1) is 5.41 Å². The zero-order chi connectivity index (χ0) is 20.1. The first kappa shape index (κ1) is 20.5. The van der Waals surface area contributed by atoms with E-state index in [1.807, 2.05) is 0 Å². The van der Waals surface area contributed by atoms with Crippen molar-refractivity contribution in [2.75, 3.05) is 19.6 Å². The van der Waals surface area contributed by atoms with Crippen LogP contribution in [0.2, 0.25) is 0 Å². The summed E-state index contributed by atoms with van der Waals surface area (Å²) in [5.41, 5.74) is 3.35. The number of aliphatic carboxylic acids is 1. The van der Waals surface area contributed by atoms with Gasteiger partial charge in [0, 0.05) is 19.5 Å². The number of hydrogen-bond donors (Lipinski definition) is 1. The predicted molar refractivity (Wildman–Crippen MR) is 116 cm³/mol. The molecule has 0 bridgehead atoms. The standard InChI is InChI=1S/C25H35NO3/c27-24(28)4-3-17-26-18-11-21(12-19-26)20-5-7-22(8-6-20)29-23-9-15-25(16-10-23)13-1-2-14-25/h5-8,11,23H,1-4,9-10,12-19H2,(H,27,28). The lowest BCUT2D eigenvalue weighted by Gasteiger charge is -2.37. The van der Waals surface area contributed by atoms with Gasteiger partial charge in [-0.15, -0.1) is 0 Å². The van der Waals surface area contributed by atoms with Crippen molar-refractivity contribution >= 4 is 11.5 Å². The molecule has 0 atom stereocenters.